The molecule has 0 spiro atoms. The molecule has 1 unspecified atom stereocenters. The van der Waals surface area contributed by atoms with Crippen LogP contribution in [0, 0.1) is 0 Å². The molecule has 1 heterocycles. The van der Waals surface area contributed by atoms with E-state index < -0.39 is 5.97 Å². The van der Waals surface area contributed by atoms with Gasteiger partial charge in [0.25, 0.3) is 0 Å². The molecule has 3 nitrogen and oxygen atoms in total. The van der Waals surface area contributed by atoms with Crippen LogP contribution in [0.25, 0.3) is 0 Å². The van der Waals surface area contributed by atoms with E-state index in [-0.39, 0.29) is 6.42 Å². The number of aliphatic carboxylic acids is 1. The molecular weight excluding hydrogens is 202 g/mol. The number of anilines is 1. The monoisotopic (exact) mass is 219 g/mol. The zero-order chi connectivity index (χ0) is 11.5. The first kappa shape index (κ1) is 11.0. The van der Waals surface area contributed by atoms with Gasteiger partial charge in [0, 0.05) is 11.7 Å². The van der Waals surface area contributed by atoms with Gasteiger partial charge in [0.15, 0.2) is 0 Å². The van der Waals surface area contributed by atoms with Crippen LogP contribution in [0.4, 0.5) is 5.69 Å². The summed E-state index contributed by atoms with van der Waals surface area (Å²) in [4.78, 5) is 10.6. The smallest absolute Gasteiger partial charge is 0.307 e. The van der Waals surface area contributed by atoms with Crippen molar-refractivity contribution in [2.75, 3.05) is 5.32 Å². The highest BCUT2D eigenvalue weighted by Gasteiger charge is 2.16. The molecule has 16 heavy (non-hydrogen) atoms. The number of aryl methyl sites for hydroxylation is 1. The van der Waals surface area contributed by atoms with Crippen LogP contribution in [0.15, 0.2) is 18.2 Å². The molecule has 0 saturated carbocycles. The summed E-state index contributed by atoms with van der Waals surface area (Å²) >= 11 is 0. The van der Waals surface area contributed by atoms with Crippen molar-refractivity contribution in [3.63, 3.8) is 0 Å². The molecule has 1 aromatic carbocycles. The van der Waals surface area contributed by atoms with Gasteiger partial charge in [0.2, 0.25) is 0 Å². The van der Waals surface area contributed by atoms with E-state index in [1.165, 1.54) is 11.3 Å². The first-order valence-electron chi connectivity index (χ1n) is 5.79. The predicted octanol–water partition coefficient (Wildman–Crippen LogP) is 2.45. The maximum atomic E-state index is 10.6. The van der Waals surface area contributed by atoms with E-state index in [2.05, 4.69) is 12.2 Å². The second-order valence-electron chi connectivity index (χ2n) is 4.35. The lowest BCUT2D eigenvalue weighted by Gasteiger charge is -2.26. The van der Waals surface area contributed by atoms with Crippen LogP contribution in [0.5, 0.6) is 0 Å². The van der Waals surface area contributed by atoms with E-state index in [4.69, 9.17) is 5.11 Å². The summed E-state index contributed by atoms with van der Waals surface area (Å²) in [5.41, 5.74) is 3.32. The lowest BCUT2D eigenvalue weighted by Crippen LogP contribution is -2.24. The van der Waals surface area contributed by atoms with E-state index >= 15 is 0 Å². The maximum Gasteiger partial charge on any atom is 0.307 e. The molecule has 1 aliphatic heterocycles. The molecule has 0 aromatic heterocycles. The van der Waals surface area contributed by atoms with Crippen molar-refractivity contribution in [2.24, 2.45) is 0 Å². The third kappa shape index (κ3) is 2.35. The molecule has 0 aliphatic carbocycles. The Morgan fingerprint density at radius 1 is 1.56 bits per heavy atom. The van der Waals surface area contributed by atoms with Crippen molar-refractivity contribution in [1.29, 1.82) is 0 Å². The van der Waals surface area contributed by atoms with Crippen molar-refractivity contribution < 1.29 is 9.90 Å². The minimum Gasteiger partial charge on any atom is -0.481 e. The van der Waals surface area contributed by atoms with Crippen molar-refractivity contribution in [3.05, 3.63) is 29.3 Å². The quantitative estimate of drug-likeness (QED) is 0.821. The second kappa shape index (κ2) is 4.56. The van der Waals surface area contributed by atoms with Gasteiger partial charge in [-0.3, -0.25) is 4.79 Å². The summed E-state index contributed by atoms with van der Waals surface area (Å²) in [7, 11) is 0. The summed E-state index contributed by atoms with van der Waals surface area (Å²) < 4.78 is 0. The minimum absolute atomic E-state index is 0.116. The van der Waals surface area contributed by atoms with Gasteiger partial charge in [-0.1, -0.05) is 19.1 Å². The lowest BCUT2D eigenvalue weighted by molar-refractivity contribution is -0.136. The number of rotatable bonds is 3. The first-order valence-corrected chi connectivity index (χ1v) is 5.79. The molecule has 0 bridgehead atoms. The van der Waals surface area contributed by atoms with Gasteiger partial charge >= 0.3 is 5.97 Å². The molecule has 0 amide bonds. The highest BCUT2D eigenvalue weighted by Crippen LogP contribution is 2.26. The fraction of sp³-hybridized carbons (Fsp3) is 0.462. The van der Waals surface area contributed by atoms with Crippen molar-refractivity contribution in [1.82, 2.24) is 0 Å². The molecule has 2 rings (SSSR count). The topological polar surface area (TPSA) is 49.3 Å². The largest absolute Gasteiger partial charge is 0.481 e. The highest BCUT2D eigenvalue weighted by molar-refractivity contribution is 5.71. The molecule has 0 saturated heterocycles. The van der Waals surface area contributed by atoms with E-state index in [1.807, 2.05) is 18.2 Å². The van der Waals surface area contributed by atoms with Crippen molar-refractivity contribution in [2.45, 2.75) is 38.6 Å². The number of carbonyl (C=O) groups is 1. The molecule has 3 heteroatoms. The summed E-state index contributed by atoms with van der Waals surface area (Å²) in [6, 6.07) is 6.49. The third-order valence-corrected chi connectivity index (χ3v) is 3.14. The Kier molecular flexibility index (Phi) is 3.13. The molecule has 1 aromatic rings. The highest BCUT2D eigenvalue weighted by atomic mass is 16.4. The Labute approximate surface area is 95.5 Å². The zero-order valence-corrected chi connectivity index (χ0v) is 9.49. The van der Waals surface area contributed by atoms with Crippen molar-refractivity contribution >= 4 is 11.7 Å². The van der Waals surface area contributed by atoms with Crippen LogP contribution in [0.1, 0.15) is 30.9 Å². The lowest BCUT2D eigenvalue weighted by atomic mass is 9.94. The van der Waals surface area contributed by atoms with Crippen molar-refractivity contribution in [3.8, 4) is 0 Å². The Morgan fingerprint density at radius 2 is 2.38 bits per heavy atom. The Hall–Kier alpha value is -1.51. The first-order chi connectivity index (χ1) is 7.69. The molecular formula is C13H17NO2. The average molecular weight is 219 g/mol. The normalized spacial score (nSPS) is 18.7. The molecule has 1 atom stereocenters. The number of hydrogen-bond donors (Lipinski definition) is 2. The second-order valence-corrected chi connectivity index (χ2v) is 4.35. The van der Waals surface area contributed by atoms with Crippen LogP contribution in [0.2, 0.25) is 0 Å². The molecule has 0 radical (unpaired) electrons. The van der Waals surface area contributed by atoms with Gasteiger partial charge in [-0.15, -0.1) is 0 Å². The Bertz CT molecular complexity index is 401. The average Bonchev–Trinajstić information content (AvgIpc) is 2.27. The third-order valence-electron chi connectivity index (χ3n) is 3.14. The van der Waals surface area contributed by atoms with Gasteiger partial charge in [0.1, 0.15) is 0 Å². The SMILES string of the molecule is CCC1CCc2cc(CC(=O)O)ccc2N1. The fourth-order valence-corrected chi connectivity index (χ4v) is 2.21. The van der Waals surface area contributed by atoms with Crippen LogP contribution >= 0.6 is 0 Å². The van der Waals surface area contributed by atoms with E-state index in [0.29, 0.717) is 6.04 Å². The van der Waals surface area contributed by atoms with Crippen LogP contribution < -0.4 is 5.32 Å². The van der Waals surface area contributed by atoms with Gasteiger partial charge in [-0.05, 0) is 36.5 Å². The maximum absolute atomic E-state index is 10.6. The molecule has 2 N–H and O–H groups in total. The summed E-state index contributed by atoms with van der Waals surface area (Å²) in [5.74, 6) is -0.768. The number of nitrogens with one attached hydrogen (secondary N) is 1. The molecule has 86 valence electrons. The molecule has 1 aliphatic rings. The number of carboxylic acids is 1. The summed E-state index contributed by atoms with van der Waals surface area (Å²) in [5, 5.41) is 12.2. The Balaban J connectivity index is 2.18. The standard InChI is InChI=1S/C13H17NO2/c1-2-11-5-4-10-7-9(8-13(15)16)3-6-12(10)14-11/h3,6-7,11,14H,2,4-5,8H2,1H3,(H,15,16). The van der Waals surface area contributed by atoms with Crippen LogP contribution in [0.3, 0.4) is 0 Å². The van der Waals surface area contributed by atoms with Gasteiger partial charge in [-0.2, -0.15) is 0 Å². The molecule has 0 fully saturated rings. The number of carboxylic acid groups (broad SMARTS) is 1. The number of benzene rings is 1. The predicted molar refractivity (Wildman–Crippen MR) is 63.8 cm³/mol. The number of hydrogen-bond acceptors (Lipinski definition) is 2. The summed E-state index contributed by atoms with van der Waals surface area (Å²) in [6.07, 6.45) is 3.44. The summed E-state index contributed by atoms with van der Waals surface area (Å²) in [6.45, 7) is 2.18. The van der Waals surface area contributed by atoms with Gasteiger partial charge < -0.3 is 10.4 Å². The van der Waals surface area contributed by atoms with E-state index in [0.717, 1.165) is 24.8 Å². The minimum atomic E-state index is -0.768. The Morgan fingerprint density at radius 3 is 3.06 bits per heavy atom. The van der Waals surface area contributed by atoms with Gasteiger partial charge in [0.05, 0.1) is 6.42 Å². The van der Waals surface area contributed by atoms with Crippen LogP contribution in [-0.2, 0) is 17.6 Å². The van der Waals surface area contributed by atoms with Gasteiger partial charge in [-0.25, -0.2) is 0 Å². The fourth-order valence-electron chi connectivity index (χ4n) is 2.21. The van der Waals surface area contributed by atoms with E-state index in [1.54, 1.807) is 0 Å². The van der Waals surface area contributed by atoms with Crippen LogP contribution in [-0.4, -0.2) is 17.1 Å². The van der Waals surface area contributed by atoms with E-state index in [9.17, 15) is 4.79 Å². The zero-order valence-electron chi connectivity index (χ0n) is 9.49. The number of fused-ring (bicyclic) bond motifs is 1.